The zero-order chi connectivity index (χ0) is 99.0. The predicted molar refractivity (Wildman–Crippen MR) is 492 cm³/mol. The van der Waals surface area contributed by atoms with E-state index in [9.17, 15) is 110 Å². The number of H-pyrrole nitrogens is 6. The Morgan fingerprint density at radius 1 is 0.292 bits per heavy atom. The van der Waals surface area contributed by atoms with Crippen LogP contribution in [0.5, 0.6) is 0 Å². The summed E-state index contributed by atoms with van der Waals surface area (Å²) >= 11 is 0. The van der Waals surface area contributed by atoms with Crippen molar-refractivity contribution >= 4 is 34.9 Å². The molecule has 9 atom stereocenters. The molecule has 0 aliphatic carbocycles. The van der Waals surface area contributed by atoms with Gasteiger partial charge in [-0.1, -0.05) is 49.4 Å². The van der Waals surface area contributed by atoms with Crippen molar-refractivity contribution in [3.8, 4) is 0 Å². The molecular weight excluding hydrogens is 1810 g/mol. The lowest BCUT2D eigenvalue weighted by Crippen LogP contribution is -2.41. The Kier molecular flexibility index (Phi) is 31.3. The fraction of sp³-hybridized carbons (Fsp3) is 0.368. The number of aromatic nitrogens is 12. The van der Waals surface area contributed by atoms with E-state index in [0.717, 1.165) is 72.4 Å². The quantitative estimate of drug-likeness (QED) is 0.0424. The van der Waals surface area contributed by atoms with E-state index in [1.165, 1.54) is 65.4 Å². The molecule has 137 heavy (non-hydrogen) atoms. The largest absolute Gasteiger partial charge is 0.364 e. The van der Waals surface area contributed by atoms with Crippen molar-refractivity contribution in [2.24, 2.45) is 0 Å². The number of fused-ring (bicyclic) bond motifs is 6. The first-order valence-electron chi connectivity index (χ1n) is 44.6. The van der Waals surface area contributed by atoms with Gasteiger partial charge in [-0.25, -0.2) is 81.5 Å². The summed E-state index contributed by atoms with van der Waals surface area (Å²) in [5, 5.41) is 18.1. The molecule has 0 bridgehead atoms. The van der Waals surface area contributed by atoms with Gasteiger partial charge in [-0.3, -0.25) is 86.1 Å². The number of anilines is 6. The fourth-order valence-electron chi connectivity index (χ4n) is 17.4. The highest BCUT2D eigenvalue weighted by Gasteiger charge is 2.33. The molecule has 0 radical (unpaired) electrons. The summed E-state index contributed by atoms with van der Waals surface area (Å²) in [6, 6.07) is 24.2. The van der Waals surface area contributed by atoms with Crippen molar-refractivity contribution in [2.45, 2.75) is 226 Å². The summed E-state index contributed by atoms with van der Waals surface area (Å²) in [5.41, 5.74) is 0.336. The average Bonchev–Trinajstić information content (AvgIpc) is 0.797. The predicted octanol–water partition coefficient (Wildman–Crippen LogP) is 13.5. The van der Waals surface area contributed by atoms with Gasteiger partial charge in [0.25, 0.3) is 33.4 Å². The third-order valence-electron chi connectivity index (χ3n) is 24.5. The minimum atomic E-state index is -1.33. The maximum Gasteiger partial charge on any atom is 0.330 e. The molecule has 0 saturated heterocycles. The third kappa shape index (κ3) is 22.5. The van der Waals surface area contributed by atoms with Gasteiger partial charge in [-0.05, 0) is 227 Å². The van der Waals surface area contributed by atoms with Crippen LogP contribution in [0.2, 0.25) is 0 Å². The molecule has 42 heteroatoms. The van der Waals surface area contributed by atoms with E-state index < -0.39 is 110 Å². The lowest BCUT2D eigenvalue weighted by molar-refractivity contribution is 0.311. The average molecular weight is 1910 g/mol. The highest BCUT2D eigenvalue weighted by Crippen LogP contribution is 2.37. The standard InChI is InChI=1S/C17H19F2N3O2.C16H16F3N3O2.2C16H17F2N3O2.C15H15F2N3O2.C15H16FN3O2/c1-3-9(2)22-16(23)11-5-7-14(20-15(11)21-17(22)24)10-4-6-12(18)13(19)8-10;1-8(17)7-22-15(23)10-3-5-13(20-14(10)21-16(22)24)9-2-4-11(18)12(19)6-9;1-8(2)21-15(22)10-4-6-13(19-14(10)20-16(21)23)11-7-9(17)3-5-12(11)18;1-9(17)8-21-15(22)12-5-6-13(19-14(12)20-16(21)23)10-3-2-4-11(18)7-10;1-2-20-14(21)11-3-4-12(18-13(11)19-15(20)22)8-5-9(16)7-10(17)6-8;1-2-19-14(20)10-7-8-12(17-13(10)18-15(19)21)9-5-3-4-6-11(9)16/h4,6,8-9,14,20H,3,5,7H2,1-2H3,(H,21,24);2,4,6,8,13,20H,3,5,7H2,1H3,(H,21,24);3,5,7-8,13,19H,4,6H2,1-2H3,(H,20,23);2-4,7,9,13,19H,5-6,8H2,1H3,(H,20,23);5-7,12,18H,2-4H2,1H3,(H,19,22);3-6,12,17H,2,7-8H2,1H3,(H,18,21)/t9-,14+;8?,13-;13-;9?,13-;2*12-/m011111/s1. The second kappa shape index (κ2) is 42.9. The number of aromatic amines is 6. The highest BCUT2D eigenvalue weighted by molar-refractivity contribution is 5.54. The molecule has 12 aromatic rings. The van der Waals surface area contributed by atoms with Crippen molar-refractivity contribution in [2.75, 3.05) is 31.9 Å². The van der Waals surface area contributed by atoms with Gasteiger partial charge in [0, 0.05) is 42.4 Å². The molecule has 6 aliphatic rings. The zero-order valence-corrected chi connectivity index (χ0v) is 75.5. The van der Waals surface area contributed by atoms with Crippen LogP contribution in [0, 0.1) is 58.2 Å². The summed E-state index contributed by atoms with van der Waals surface area (Å²) in [6.45, 7) is 13.3. The van der Waals surface area contributed by atoms with Gasteiger partial charge in [-0.15, -0.1) is 0 Å². The van der Waals surface area contributed by atoms with E-state index in [2.05, 4.69) is 61.8 Å². The van der Waals surface area contributed by atoms with Gasteiger partial charge in [0.2, 0.25) is 0 Å². The summed E-state index contributed by atoms with van der Waals surface area (Å²) in [7, 11) is 0. The van der Waals surface area contributed by atoms with Crippen LogP contribution in [-0.4, -0.2) is 69.6 Å². The first-order chi connectivity index (χ1) is 65.2. The topological polar surface area (TPSA) is 401 Å². The Morgan fingerprint density at radius 2 is 0.613 bits per heavy atom. The van der Waals surface area contributed by atoms with Crippen LogP contribution in [0.15, 0.2) is 179 Å². The second-order valence-electron chi connectivity index (χ2n) is 34.1. The van der Waals surface area contributed by atoms with Gasteiger partial charge in [0.1, 0.15) is 82.2 Å². The summed E-state index contributed by atoms with van der Waals surface area (Å²) in [5.74, 6) is -4.72. The van der Waals surface area contributed by atoms with Crippen molar-refractivity contribution in [1.29, 1.82) is 0 Å². The Bertz CT molecular complexity index is 7320. The molecule has 6 aliphatic heterocycles. The lowest BCUT2D eigenvalue weighted by Gasteiger charge is -2.27. The number of rotatable bonds is 15. The normalized spacial score (nSPS) is 17.5. The summed E-state index contributed by atoms with van der Waals surface area (Å²) < 4.78 is 167. The number of nitrogens with one attached hydrogen (secondary N) is 12. The number of nitrogens with zero attached hydrogens (tertiary/aromatic N) is 6. The van der Waals surface area contributed by atoms with Crippen molar-refractivity contribution in [3.05, 3.63) is 371 Å². The Morgan fingerprint density at radius 3 is 1.00 bits per heavy atom. The number of benzene rings is 6. The monoisotopic (exact) mass is 1910 g/mol. The molecule has 0 amide bonds. The maximum absolute atomic E-state index is 13.9. The van der Waals surface area contributed by atoms with Gasteiger partial charge < -0.3 is 31.9 Å². The number of halogens is 12. The molecule has 12 heterocycles. The molecule has 2 unspecified atom stereocenters. The lowest BCUT2D eigenvalue weighted by atomic mass is 9.95. The molecule has 726 valence electrons. The molecule has 0 spiro atoms. The van der Waals surface area contributed by atoms with Gasteiger partial charge >= 0.3 is 34.1 Å². The van der Waals surface area contributed by atoms with E-state index in [1.807, 2.05) is 13.8 Å². The zero-order valence-electron chi connectivity index (χ0n) is 75.5. The van der Waals surface area contributed by atoms with E-state index >= 15 is 0 Å². The Labute approximate surface area is 770 Å². The SMILES string of the molecule is CC(C)n1c(=O)[nH]c2c(c1=O)CC[C@H](c1cc(F)ccc1F)N2.CC(F)Cn1c(=O)[nH]c2c(c1=O)CC[C@H](c1ccc(F)c(F)c1)N2.CC(F)Cn1c(=O)[nH]c2c(c1=O)CC[C@H](c1cccc(F)c1)N2.CC[C@H](C)n1c(=O)[nH]c2c(c1=O)CC[C@H](c1ccc(F)c(F)c1)N2.CCn1c(=O)[nH]c2c(c1=O)CC[C@H](c1cc(F)cc(F)c1)N2.CCn1c(=O)[nH]c2c(c1=O)CC[C@H](c1ccccc1F)N2. The molecule has 6 aromatic carbocycles. The smallest absolute Gasteiger partial charge is 0.330 e. The van der Waals surface area contributed by atoms with Crippen LogP contribution in [0.1, 0.15) is 215 Å². The molecule has 6 aromatic heterocycles. The molecule has 12 N–H and O–H groups in total. The molecule has 0 saturated carbocycles. The van der Waals surface area contributed by atoms with E-state index in [1.54, 1.807) is 58.0 Å². The van der Waals surface area contributed by atoms with Crippen molar-refractivity contribution < 1.29 is 52.7 Å². The molecule has 18 rings (SSSR count). The van der Waals surface area contributed by atoms with Gasteiger partial charge in [0.15, 0.2) is 23.3 Å². The number of hydrogen-bond donors (Lipinski definition) is 12. The molecule has 30 nitrogen and oxygen atoms in total. The minimum Gasteiger partial charge on any atom is -0.364 e. The number of alkyl halides is 2. The van der Waals surface area contributed by atoms with Gasteiger partial charge in [-0.2, -0.15) is 0 Å². The van der Waals surface area contributed by atoms with Crippen LogP contribution in [0.25, 0.3) is 0 Å². The van der Waals surface area contributed by atoms with Gasteiger partial charge in [0.05, 0.1) is 82.7 Å². The van der Waals surface area contributed by atoms with Crippen LogP contribution in [0.3, 0.4) is 0 Å². The Balaban J connectivity index is 0.000000139. The van der Waals surface area contributed by atoms with Crippen LogP contribution >= 0.6 is 0 Å². The Hall–Kier alpha value is -14.6. The molecule has 0 fully saturated rings. The van der Waals surface area contributed by atoms with Crippen molar-refractivity contribution in [1.82, 2.24) is 57.3 Å². The third-order valence-corrected chi connectivity index (χ3v) is 24.5. The van der Waals surface area contributed by atoms with E-state index in [0.29, 0.717) is 175 Å². The second-order valence-corrected chi connectivity index (χ2v) is 34.1. The highest BCUT2D eigenvalue weighted by atomic mass is 19.2. The van der Waals surface area contributed by atoms with Crippen LogP contribution in [0.4, 0.5) is 87.6 Å². The minimum absolute atomic E-state index is 0.185. The fourth-order valence-corrected chi connectivity index (χ4v) is 17.4. The molecular formula is C95H100F12N18O12. The summed E-state index contributed by atoms with van der Waals surface area (Å²) in [4.78, 5) is 162. The van der Waals surface area contributed by atoms with E-state index in [-0.39, 0.29) is 106 Å². The number of hydrogen-bond acceptors (Lipinski definition) is 18. The first-order valence-corrected chi connectivity index (χ1v) is 44.6. The van der Waals surface area contributed by atoms with Crippen LogP contribution in [-0.2, 0) is 64.7 Å². The van der Waals surface area contributed by atoms with Crippen LogP contribution < -0.4 is 99.4 Å². The summed E-state index contributed by atoms with van der Waals surface area (Å²) in [6.07, 6.45) is 3.77. The van der Waals surface area contributed by atoms with E-state index in [4.69, 9.17) is 0 Å². The first kappa shape index (κ1) is 99.8. The van der Waals surface area contributed by atoms with Crippen molar-refractivity contribution in [3.63, 3.8) is 0 Å². The maximum atomic E-state index is 13.9.